The predicted molar refractivity (Wildman–Crippen MR) is 79.7 cm³/mol. The zero-order chi connectivity index (χ0) is 15.9. The second-order valence-corrected chi connectivity index (χ2v) is 4.62. The molecule has 1 N–H and O–H groups in total. The van der Waals surface area contributed by atoms with E-state index < -0.39 is 11.8 Å². The van der Waals surface area contributed by atoms with Crippen LogP contribution in [0.15, 0.2) is 29.8 Å². The third-order valence-corrected chi connectivity index (χ3v) is 3.00. The van der Waals surface area contributed by atoms with Crippen molar-refractivity contribution in [1.29, 1.82) is 0 Å². The lowest BCUT2D eigenvalue weighted by Crippen LogP contribution is -2.23. The number of carbonyl (C=O) groups is 2. The zero-order valence-electron chi connectivity index (χ0n) is 12.7. The first-order valence-electron chi connectivity index (χ1n) is 7.16. The third kappa shape index (κ3) is 4.08. The summed E-state index contributed by atoms with van der Waals surface area (Å²) in [5, 5.41) is 2.18. The minimum Gasteiger partial charge on any atom is -0.494 e. The van der Waals surface area contributed by atoms with Crippen molar-refractivity contribution in [3.8, 4) is 11.5 Å². The lowest BCUT2D eigenvalue weighted by atomic mass is 10.2. The Morgan fingerprint density at radius 1 is 1.05 bits per heavy atom. The molecule has 2 rings (SSSR count). The molecule has 1 aliphatic heterocycles. The normalized spacial score (nSPS) is 13.8. The number of carbonyl (C=O) groups excluding carboxylic acids is 2. The molecule has 0 aliphatic carbocycles. The number of imide groups is 1. The van der Waals surface area contributed by atoms with Gasteiger partial charge in [-0.25, -0.2) is 0 Å². The molecule has 6 nitrogen and oxygen atoms in total. The molecule has 0 bridgehead atoms. The number of benzene rings is 1. The maximum atomic E-state index is 11.4. The highest BCUT2D eigenvalue weighted by Crippen LogP contribution is 2.26. The van der Waals surface area contributed by atoms with Crippen LogP contribution in [-0.4, -0.2) is 31.6 Å². The first-order valence-corrected chi connectivity index (χ1v) is 7.16. The van der Waals surface area contributed by atoms with E-state index in [2.05, 4.69) is 5.32 Å². The molecular formula is C16H19NO5. The van der Waals surface area contributed by atoms with Crippen molar-refractivity contribution >= 4 is 11.8 Å². The number of nitrogens with one attached hydrogen (secondary N) is 1. The van der Waals surface area contributed by atoms with Gasteiger partial charge in [0, 0.05) is 23.3 Å². The molecule has 1 aromatic rings. The van der Waals surface area contributed by atoms with Crippen LogP contribution in [0.2, 0.25) is 0 Å². The summed E-state index contributed by atoms with van der Waals surface area (Å²) in [5.41, 5.74) is 1.18. The van der Waals surface area contributed by atoms with E-state index in [1.807, 2.05) is 32.0 Å². The lowest BCUT2D eigenvalue weighted by molar-refractivity contribution is -0.124. The van der Waals surface area contributed by atoms with Crippen molar-refractivity contribution in [2.45, 2.75) is 20.5 Å². The van der Waals surface area contributed by atoms with Gasteiger partial charge in [0.25, 0.3) is 11.8 Å². The summed E-state index contributed by atoms with van der Waals surface area (Å²) in [5.74, 6) is 0.619. The van der Waals surface area contributed by atoms with Gasteiger partial charge in [-0.05, 0) is 26.0 Å². The lowest BCUT2D eigenvalue weighted by Gasteiger charge is -2.13. The average molecular weight is 305 g/mol. The standard InChI is InChI=1S/C16H19NO5/c1-3-21-13-6-5-11(14(8-13)22-4-2)9-20-10-12-7-15(18)17-16(12)19/h5-8H,3-4,9-10H2,1-2H3,(H,17,18,19). The summed E-state index contributed by atoms with van der Waals surface area (Å²) in [4.78, 5) is 22.4. The smallest absolute Gasteiger partial charge is 0.256 e. The van der Waals surface area contributed by atoms with Crippen molar-refractivity contribution in [2.24, 2.45) is 0 Å². The van der Waals surface area contributed by atoms with Crippen LogP contribution in [0.1, 0.15) is 19.4 Å². The first-order chi connectivity index (χ1) is 10.6. The molecule has 118 valence electrons. The maximum Gasteiger partial charge on any atom is 0.256 e. The van der Waals surface area contributed by atoms with E-state index >= 15 is 0 Å². The molecule has 1 aliphatic rings. The van der Waals surface area contributed by atoms with E-state index in [0.717, 1.165) is 11.3 Å². The topological polar surface area (TPSA) is 73.9 Å². The molecule has 0 atom stereocenters. The average Bonchev–Trinajstić information content (AvgIpc) is 2.80. The Labute approximate surface area is 129 Å². The van der Waals surface area contributed by atoms with Gasteiger partial charge in [-0.1, -0.05) is 0 Å². The number of hydrogen-bond acceptors (Lipinski definition) is 5. The summed E-state index contributed by atoms with van der Waals surface area (Å²) in [6.07, 6.45) is 1.25. The fraction of sp³-hybridized carbons (Fsp3) is 0.375. The minimum atomic E-state index is -0.403. The number of ether oxygens (including phenoxy) is 3. The van der Waals surface area contributed by atoms with E-state index in [0.29, 0.717) is 24.5 Å². The van der Waals surface area contributed by atoms with Gasteiger partial charge < -0.3 is 14.2 Å². The van der Waals surface area contributed by atoms with Crippen LogP contribution < -0.4 is 14.8 Å². The van der Waals surface area contributed by atoms with Gasteiger partial charge in [-0.2, -0.15) is 0 Å². The van der Waals surface area contributed by atoms with Crippen LogP contribution >= 0.6 is 0 Å². The van der Waals surface area contributed by atoms with E-state index in [-0.39, 0.29) is 13.2 Å². The quantitative estimate of drug-likeness (QED) is 0.738. The molecule has 6 heteroatoms. The molecule has 0 fully saturated rings. The van der Waals surface area contributed by atoms with Crippen LogP contribution in [0.4, 0.5) is 0 Å². The van der Waals surface area contributed by atoms with Gasteiger partial charge in [-0.15, -0.1) is 0 Å². The van der Waals surface area contributed by atoms with Crippen molar-refractivity contribution in [3.05, 3.63) is 35.4 Å². The predicted octanol–water partition coefficient (Wildman–Crippen LogP) is 1.58. The van der Waals surface area contributed by atoms with Gasteiger partial charge in [0.05, 0.1) is 26.4 Å². The maximum absolute atomic E-state index is 11.4. The molecule has 0 radical (unpaired) electrons. The van der Waals surface area contributed by atoms with Gasteiger partial charge in [0.1, 0.15) is 11.5 Å². The number of amides is 2. The van der Waals surface area contributed by atoms with Crippen LogP contribution in [0.5, 0.6) is 11.5 Å². The van der Waals surface area contributed by atoms with Crippen molar-refractivity contribution in [1.82, 2.24) is 5.32 Å². The van der Waals surface area contributed by atoms with E-state index in [4.69, 9.17) is 14.2 Å². The van der Waals surface area contributed by atoms with Gasteiger partial charge in [0.2, 0.25) is 0 Å². The Bertz CT molecular complexity index is 594. The summed E-state index contributed by atoms with van der Waals surface area (Å²) < 4.78 is 16.5. The molecule has 0 saturated heterocycles. The molecule has 0 aromatic heterocycles. The van der Waals surface area contributed by atoms with Crippen molar-refractivity contribution in [3.63, 3.8) is 0 Å². The van der Waals surface area contributed by atoms with E-state index in [1.165, 1.54) is 6.08 Å². The molecule has 0 unspecified atom stereocenters. The SMILES string of the molecule is CCOc1ccc(COCC2=CC(=O)NC2=O)c(OCC)c1. The molecule has 0 spiro atoms. The van der Waals surface area contributed by atoms with E-state index in [1.54, 1.807) is 0 Å². The van der Waals surface area contributed by atoms with Crippen LogP contribution in [-0.2, 0) is 20.9 Å². The highest BCUT2D eigenvalue weighted by molar-refractivity contribution is 6.16. The molecular weight excluding hydrogens is 286 g/mol. The monoisotopic (exact) mass is 305 g/mol. The molecule has 2 amide bonds. The third-order valence-electron chi connectivity index (χ3n) is 3.00. The summed E-state index contributed by atoms with van der Waals surface area (Å²) in [6.45, 7) is 5.29. The number of hydrogen-bond donors (Lipinski definition) is 1. The van der Waals surface area contributed by atoms with Gasteiger partial charge in [0.15, 0.2) is 0 Å². The minimum absolute atomic E-state index is 0.0797. The van der Waals surface area contributed by atoms with Crippen LogP contribution in [0, 0.1) is 0 Å². The molecule has 1 aromatic carbocycles. The highest BCUT2D eigenvalue weighted by Gasteiger charge is 2.20. The Balaban J connectivity index is 1.98. The Morgan fingerprint density at radius 2 is 1.82 bits per heavy atom. The highest BCUT2D eigenvalue weighted by atomic mass is 16.5. The van der Waals surface area contributed by atoms with E-state index in [9.17, 15) is 9.59 Å². The second kappa shape index (κ2) is 7.61. The van der Waals surface area contributed by atoms with Gasteiger partial charge >= 0.3 is 0 Å². The molecule has 1 heterocycles. The second-order valence-electron chi connectivity index (χ2n) is 4.62. The summed E-state index contributed by atoms with van der Waals surface area (Å²) in [7, 11) is 0. The summed E-state index contributed by atoms with van der Waals surface area (Å²) in [6, 6.07) is 5.52. The Morgan fingerprint density at radius 3 is 2.45 bits per heavy atom. The van der Waals surface area contributed by atoms with Crippen molar-refractivity contribution in [2.75, 3.05) is 19.8 Å². The Kier molecular flexibility index (Phi) is 5.55. The fourth-order valence-electron chi connectivity index (χ4n) is 2.03. The Hall–Kier alpha value is -2.34. The largest absolute Gasteiger partial charge is 0.494 e. The molecule has 0 saturated carbocycles. The zero-order valence-corrected chi connectivity index (χ0v) is 12.7. The molecule has 22 heavy (non-hydrogen) atoms. The van der Waals surface area contributed by atoms with Gasteiger partial charge in [-0.3, -0.25) is 14.9 Å². The van der Waals surface area contributed by atoms with Crippen LogP contribution in [0.25, 0.3) is 0 Å². The fourth-order valence-corrected chi connectivity index (χ4v) is 2.03. The number of rotatable bonds is 8. The van der Waals surface area contributed by atoms with Crippen LogP contribution in [0.3, 0.4) is 0 Å². The summed E-state index contributed by atoms with van der Waals surface area (Å²) >= 11 is 0. The van der Waals surface area contributed by atoms with Crippen molar-refractivity contribution < 1.29 is 23.8 Å². The first kappa shape index (κ1) is 16.0.